The summed E-state index contributed by atoms with van der Waals surface area (Å²) < 4.78 is 0. The van der Waals surface area contributed by atoms with Gasteiger partial charge in [0.2, 0.25) is 0 Å². The zero-order valence-corrected chi connectivity index (χ0v) is 11.8. The van der Waals surface area contributed by atoms with Crippen molar-refractivity contribution in [1.29, 1.82) is 0 Å². The van der Waals surface area contributed by atoms with E-state index in [0.717, 1.165) is 0 Å². The topological polar surface area (TPSA) is 0 Å². The number of rotatable bonds is 0. The van der Waals surface area contributed by atoms with E-state index >= 15 is 0 Å². The first-order valence-corrected chi connectivity index (χ1v) is 5.42. The molecular weight excluding hydrogens is 239 g/mol. The van der Waals surface area contributed by atoms with Crippen LogP contribution >= 0.6 is 0 Å². The summed E-state index contributed by atoms with van der Waals surface area (Å²) >= 11 is 0. The monoisotopic (exact) mass is 259 g/mol. The van der Waals surface area contributed by atoms with Gasteiger partial charge in [0.15, 0.2) is 0 Å². The normalized spacial score (nSPS) is 9.06. The van der Waals surface area contributed by atoms with Crippen molar-refractivity contribution in [1.82, 2.24) is 0 Å². The summed E-state index contributed by atoms with van der Waals surface area (Å²) in [7, 11) is 0. The van der Waals surface area contributed by atoms with Crippen LogP contribution in [0.25, 0.3) is 0 Å². The van der Waals surface area contributed by atoms with Crippen LogP contribution in [0.15, 0.2) is 30.3 Å². The van der Waals surface area contributed by atoms with E-state index in [0.29, 0.717) is 0 Å². The predicted molar refractivity (Wildman–Crippen MR) is 67.8 cm³/mol. The second-order valence-corrected chi connectivity index (χ2v) is 4.09. The van der Waals surface area contributed by atoms with E-state index in [4.69, 9.17) is 0 Å². The minimum Gasteiger partial charge on any atom is -0.748 e. The molecule has 0 bridgehead atoms. The molecule has 1 heteroatoms. The molecule has 0 saturated carbocycles. The van der Waals surface area contributed by atoms with Gasteiger partial charge >= 0.3 is 0 Å². The average molecular weight is 259 g/mol. The van der Waals surface area contributed by atoms with Gasteiger partial charge in [-0.3, -0.25) is 0 Å². The molecule has 0 aliphatic heterocycles. The molecule has 0 saturated heterocycles. The van der Waals surface area contributed by atoms with E-state index in [2.05, 4.69) is 34.6 Å². The second-order valence-electron chi connectivity index (χ2n) is 4.09. The Balaban J connectivity index is 0.000000318. The van der Waals surface area contributed by atoms with E-state index in [9.17, 15) is 0 Å². The molecule has 0 aromatic heterocycles. The van der Waals surface area contributed by atoms with Crippen molar-refractivity contribution >= 4 is 0 Å². The predicted octanol–water partition coefficient (Wildman–Crippen LogP) is 4.35. The van der Waals surface area contributed by atoms with Crippen molar-refractivity contribution in [3.63, 3.8) is 0 Å². The van der Waals surface area contributed by atoms with E-state index in [1.165, 1.54) is 27.8 Å². The molecule has 0 fully saturated rings. The minimum atomic E-state index is 0. The first-order chi connectivity index (χ1) is 7.05. The average Bonchev–Trinajstić information content (AvgIpc) is 2.86. The Labute approximate surface area is 110 Å². The molecule has 0 heterocycles. The standard InChI is InChI=1S/C10H15.C5H5.Co/c1-6-7(2)9(4)10(5)8(6)3;1-2-4-5-3-1;/h1-5H3;1-5H;/q-1;-5;. The summed E-state index contributed by atoms with van der Waals surface area (Å²) in [6.45, 7) is 11.0. The van der Waals surface area contributed by atoms with Gasteiger partial charge in [0.25, 0.3) is 0 Å². The summed E-state index contributed by atoms with van der Waals surface area (Å²) in [6.07, 6.45) is 0. The van der Waals surface area contributed by atoms with Crippen LogP contribution in [0.1, 0.15) is 27.8 Å². The molecule has 95 valence electrons. The Kier molecular flexibility index (Phi) is 6.38. The molecule has 0 N–H and O–H groups in total. The summed E-state index contributed by atoms with van der Waals surface area (Å²) in [4.78, 5) is 0. The maximum atomic E-state index is 2.20. The summed E-state index contributed by atoms with van der Waals surface area (Å²) in [5, 5.41) is 0. The smallest absolute Gasteiger partial charge is 0 e. The van der Waals surface area contributed by atoms with E-state index in [1.807, 2.05) is 30.3 Å². The van der Waals surface area contributed by atoms with Gasteiger partial charge in [-0.25, -0.2) is 0 Å². The van der Waals surface area contributed by atoms with Gasteiger partial charge in [-0.05, 0) is 0 Å². The molecule has 2 rings (SSSR count). The van der Waals surface area contributed by atoms with E-state index in [-0.39, 0.29) is 16.8 Å². The van der Waals surface area contributed by atoms with E-state index < -0.39 is 0 Å². The van der Waals surface area contributed by atoms with Crippen LogP contribution in [0.2, 0.25) is 0 Å². The van der Waals surface area contributed by atoms with Gasteiger partial charge in [-0.2, -0.15) is 27.8 Å². The SMILES string of the molecule is Cc1c(C)c(C)[c-](C)c1C.[Co].[cH-]1[cH-][cH-][cH-][cH-]1. The molecule has 0 aliphatic rings. The van der Waals surface area contributed by atoms with Crippen LogP contribution in [0.3, 0.4) is 0 Å². The maximum absolute atomic E-state index is 2.20. The Bertz CT molecular complexity index is 308. The van der Waals surface area contributed by atoms with Gasteiger partial charge in [0, 0.05) is 16.8 Å². The van der Waals surface area contributed by atoms with Crippen LogP contribution in [0.4, 0.5) is 0 Å². The zero-order chi connectivity index (χ0) is 11.4. The van der Waals surface area contributed by atoms with Crippen molar-refractivity contribution in [2.75, 3.05) is 0 Å². The molecule has 0 aliphatic carbocycles. The van der Waals surface area contributed by atoms with Crippen molar-refractivity contribution in [2.45, 2.75) is 34.6 Å². The Morgan fingerprint density at radius 3 is 1.06 bits per heavy atom. The van der Waals surface area contributed by atoms with Gasteiger partial charge in [-0.1, -0.05) is 34.6 Å². The second kappa shape index (κ2) is 6.72. The summed E-state index contributed by atoms with van der Waals surface area (Å²) in [5.41, 5.74) is 7.34. The van der Waals surface area contributed by atoms with Crippen LogP contribution in [0, 0.1) is 34.6 Å². The molecule has 2 aromatic carbocycles. The molecule has 2 aromatic rings. The third kappa shape index (κ3) is 3.36. The molecule has 0 nitrogen and oxygen atoms in total. The molecular formula is C15H20Co-6. The molecule has 0 atom stereocenters. The molecule has 0 unspecified atom stereocenters. The first-order valence-electron chi connectivity index (χ1n) is 5.42. The summed E-state index contributed by atoms with van der Waals surface area (Å²) in [5.74, 6) is 0. The van der Waals surface area contributed by atoms with Gasteiger partial charge in [0.05, 0.1) is 0 Å². The maximum Gasteiger partial charge on any atom is 0 e. The summed E-state index contributed by atoms with van der Waals surface area (Å²) in [6, 6.07) is 10.0. The van der Waals surface area contributed by atoms with Crippen LogP contribution in [-0.2, 0) is 16.8 Å². The van der Waals surface area contributed by atoms with Crippen molar-refractivity contribution < 1.29 is 16.8 Å². The van der Waals surface area contributed by atoms with Crippen LogP contribution < -0.4 is 0 Å². The first kappa shape index (κ1) is 15.2. The van der Waals surface area contributed by atoms with Crippen LogP contribution in [0.5, 0.6) is 0 Å². The van der Waals surface area contributed by atoms with Crippen molar-refractivity contribution in [3.05, 3.63) is 58.1 Å². The van der Waals surface area contributed by atoms with Gasteiger partial charge in [-0.15, -0.1) is 0 Å². The largest absolute Gasteiger partial charge is 0.748 e. The number of hydrogen-bond donors (Lipinski definition) is 0. The fraction of sp³-hybridized carbons (Fsp3) is 0.333. The fourth-order valence-electron chi connectivity index (χ4n) is 1.73. The quantitative estimate of drug-likeness (QED) is 0.617. The Morgan fingerprint density at radius 1 is 0.688 bits per heavy atom. The Hall–Kier alpha value is -0.794. The molecule has 1 radical (unpaired) electrons. The van der Waals surface area contributed by atoms with E-state index in [1.54, 1.807) is 0 Å². The van der Waals surface area contributed by atoms with Crippen molar-refractivity contribution in [3.8, 4) is 0 Å². The van der Waals surface area contributed by atoms with Gasteiger partial charge in [0.1, 0.15) is 0 Å². The Morgan fingerprint density at radius 2 is 0.938 bits per heavy atom. The van der Waals surface area contributed by atoms with Crippen LogP contribution in [-0.4, -0.2) is 0 Å². The zero-order valence-electron chi connectivity index (χ0n) is 10.7. The fourth-order valence-corrected chi connectivity index (χ4v) is 1.73. The third-order valence-electron chi connectivity index (χ3n) is 3.37. The van der Waals surface area contributed by atoms with Gasteiger partial charge < -0.3 is 30.3 Å². The van der Waals surface area contributed by atoms with Crippen molar-refractivity contribution in [2.24, 2.45) is 0 Å². The number of hydrogen-bond acceptors (Lipinski definition) is 0. The molecule has 16 heavy (non-hydrogen) atoms. The molecule has 0 spiro atoms. The molecule has 0 amide bonds. The third-order valence-corrected chi connectivity index (χ3v) is 3.37. The minimum absolute atomic E-state index is 0.